The number of nitrogens with two attached hydrogens (primary N) is 1. The van der Waals surface area contributed by atoms with Gasteiger partial charge in [0.1, 0.15) is 0 Å². The lowest BCUT2D eigenvalue weighted by Crippen LogP contribution is -2.33. The zero-order chi connectivity index (χ0) is 11.4. The third-order valence-electron chi connectivity index (χ3n) is 2.44. The Labute approximate surface area is 118 Å². The first-order chi connectivity index (χ1) is 7.78. The fourth-order valence-corrected chi connectivity index (χ4v) is 1.34. The fourth-order valence-electron chi connectivity index (χ4n) is 1.34. The molecule has 2 rings (SSSR count). The van der Waals surface area contributed by atoms with Gasteiger partial charge in [0.2, 0.25) is 0 Å². The number of halogens is 1. The molecule has 5 heteroatoms. The Morgan fingerprint density at radius 3 is 2.59 bits per heavy atom. The van der Waals surface area contributed by atoms with Crippen molar-refractivity contribution in [3.05, 3.63) is 35.4 Å². The van der Waals surface area contributed by atoms with E-state index in [0.717, 1.165) is 5.56 Å². The molecule has 1 aromatic rings. The lowest BCUT2D eigenvalue weighted by atomic mass is 10.1. The lowest BCUT2D eigenvalue weighted by Gasteiger charge is -2.03. The molecule has 3 N–H and O–H groups in total. The van der Waals surface area contributed by atoms with Crippen molar-refractivity contribution in [2.24, 2.45) is 10.7 Å². The monoisotopic (exact) mass is 342 g/mol. The Morgan fingerprint density at radius 2 is 2.06 bits per heavy atom. The average molecular weight is 342 g/mol. The quantitative estimate of drug-likeness (QED) is 0.499. The van der Waals surface area contributed by atoms with Crippen molar-refractivity contribution in [3.8, 4) is 6.07 Å². The highest BCUT2D eigenvalue weighted by Crippen LogP contribution is 2.18. The molecule has 0 spiro atoms. The Morgan fingerprint density at radius 1 is 1.41 bits per heavy atom. The van der Waals surface area contributed by atoms with Crippen LogP contribution in [-0.2, 0) is 6.54 Å². The standard InChI is InChI=1S/C12H14N4.HI/c13-7-9-1-3-10(4-2-9)8-15-12(14)16-11-5-6-11;/h1-4,11H,5-6,8H2,(H3,14,15,16);1H. The first-order valence-corrected chi connectivity index (χ1v) is 5.33. The second-order valence-corrected chi connectivity index (χ2v) is 3.93. The average Bonchev–Trinajstić information content (AvgIpc) is 3.11. The zero-order valence-corrected chi connectivity index (χ0v) is 11.7. The summed E-state index contributed by atoms with van der Waals surface area (Å²) in [5.74, 6) is 0.506. The van der Waals surface area contributed by atoms with Crippen molar-refractivity contribution in [1.82, 2.24) is 5.32 Å². The third-order valence-corrected chi connectivity index (χ3v) is 2.44. The summed E-state index contributed by atoms with van der Waals surface area (Å²) in [6, 6.07) is 9.98. The van der Waals surface area contributed by atoms with Gasteiger partial charge in [-0.25, -0.2) is 4.99 Å². The molecule has 1 aromatic carbocycles. The van der Waals surface area contributed by atoms with Gasteiger partial charge in [0.25, 0.3) is 0 Å². The van der Waals surface area contributed by atoms with Gasteiger partial charge in [-0.1, -0.05) is 12.1 Å². The number of hydrogen-bond acceptors (Lipinski definition) is 2. The van der Waals surface area contributed by atoms with E-state index >= 15 is 0 Å². The van der Waals surface area contributed by atoms with Crippen LogP contribution in [0.15, 0.2) is 29.3 Å². The van der Waals surface area contributed by atoms with E-state index in [1.54, 1.807) is 12.1 Å². The van der Waals surface area contributed by atoms with Gasteiger partial charge in [-0.2, -0.15) is 5.26 Å². The molecule has 0 unspecified atom stereocenters. The zero-order valence-electron chi connectivity index (χ0n) is 9.39. The van der Waals surface area contributed by atoms with Crippen molar-refractivity contribution in [3.63, 3.8) is 0 Å². The minimum absolute atomic E-state index is 0. The number of rotatable bonds is 3. The topological polar surface area (TPSA) is 74.2 Å². The van der Waals surface area contributed by atoms with Crippen molar-refractivity contribution < 1.29 is 0 Å². The van der Waals surface area contributed by atoms with E-state index in [0.29, 0.717) is 24.1 Å². The van der Waals surface area contributed by atoms with Gasteiger partial charge in [0.05, 0.1) is 18.2 Å². The van der Waals surface area contributed by atoms with Crippen molar-refractivity contribution in [2.75, 3.05) is 0 Å². The third kappa shape index (κ3) is 4.61. The number of hydrogen-bond donors (Lipinski definition) is 2. The smallest absolute Gasteiger partial charge is 0.189 e. The van der Waals surface area contributed by atoms with Gasteiger partial charge >= 0.3 is 0 Å². The van der Waals surface area contributed by atoms with Gasteiger partial charge in [0, 0.05) is 6.04 Å². The van der Waals surface area contributed by atoms with E-state index < -0.39 is 0 Å². The number of nitrogens with one attached hydrogen (secondary N) is 1. The first-order valence-electron chi connectivity index (χ1n) is 5.33. The molecule has 90 valence electrons. The predicted molar refractivity (Wildman–Crippen MR) is 78.1 cm³/mol. The summed E-state index contributed by atoms with van der Waals surface area (Å²) < 4.78 is 0. The number of nitrogens with zero attached hydrogens (tertiary/aromatic N) is 2. The second kappa shape index (κ2) is 6.45. The van der Waals surface area contributed by atoms with Crippen LogP contribution in [0.4, 0.5) is 0 Å². The molecule has 1 aliphatic rings. The molecule has 0 atom stereocenters. The lowest BCUT2D eigenvalue weighted by molar-refractivity contribution is 0.879. The number of nitriles is 1. The molecule has 1 fully saturated rings. The van der Waals surface area contributed by atoms with Crippen LogP contribution in [0.1, 0.15) is 24.0 Å². The van der Waals surface area contributed by atoms with Crippen LogP contribution >= 0.6 is 24.0 Å². The maximum absolute atomic E-state index is 8.65. The highest BCUT2D eigenvalue weighted by molar-refractivity contribution is 14.0. The van der Waals surface area contributed by atoms with E-state index in [9.17, 15) is 0 Å². The summed E-state index contributed by atoms with van der Waals surface area (Å²) in [6.07, 6.45) is 2.38. The summed E-state index contributed by atoms with van der Waals surface area (Å²) >= 11 is 0. The summed E-state index contributed by atoms with van der Waals surface area (Å²) in [6.45, 7) is 0.553. The number of benzene rings is 1. The molecule has 1 saturated carbocycles. The number of guanidine groups is 1. The van der Waals surface area contributed by atoms with E-state index in [2.05, 4.69) is 16.4 Å². The van der Waals surface area contributed by atoms with E-state index in [4.69, 9.17) is 11.0 Å². The highest BCUT2D eigenvalue weighted by atomic mass is 127. The van der Waals surface area contributed by atoms with Crippen LogP contribution in [0, 0.1) is 11.3 Å². The van der Waals surface area contributed by atoms with E-state index in [-0.39, 0.29) is 24.0 Å². The minimum Gasteiger partial charge on any atom is -0.370 e. The molecule has 0 bridgehead atoms. The summed E-state index contributed by atoms with van der Waals surface area (Å²) in [4.78, 5) is 4.23. The predicted octanol–water partition coefficient (Wildman–Crippen LogP) is 1.74. The Balaban J connectivity index is 0.00000144. The van der Waals surface area contributed by atoms with Gasteiger partial charge < -0.3 is 11.1 Å². The van der Waals surface area contributed by atoms with Gasteiger partial charge in [0.15, 0.2) is 5.96 Å². The molecule has 0 amide bonds. The highest BCUT2D eigenvalue weighted by Gasteiger charge is 2.21. The van der Waals surface area contributed by atoms with Gasteiger partial charge in [-0.3, -0.25) is 0 Å². The SMILES string of the molecule is I.N#Cc1ccc(CN=C(N)NC2CC2)cc1. The molecule has 17 heavy (non-hydrogen) atoms. The van der Waals surface area contributed by atoms with Crippen LogP contribution in [0.5, 0.6) is 0 Å². The van der Waals surface area contributed by atoms with Crippen molar-refractivity contribution in [2.45, 2.75) is 25.4 Å². The molecule has 0 aliphatic heterocycles. The van der Waals surface area contributed by atoms with Crippen molar-refractivity contribution in [1.29, 1.82) is 5.26 Å². The minimum atomic E-state index is 0. The van der Waals surface area contributed by atoms with Crippen molar-refractivity contribution >= 4 is 29.9 Å². The van der Waals surface area contributed by atoms with Gasteiger partial charge in [-0.15, -0.1) is 24.0 Å². The van der Waals surface area contributed by atoms with Crippen LogP contribution in [0.3, 0.4) is 0 Å². The fraction of sp³-hybridized carbons (Fsp3) is 0.333. The van der Waals surface area contributed by atoms with E-state index in [1.165, 1.54) is 12.8 Å². The maximum atomic E-state index is 8.65. The Hall–Kier alpha value is -1.29. The summed E-state index contributed by atoms with van der Waals surface area (Å²) in [5.41, 5.74) is 7.42. The largest absolute Gasteiger partial charge is 0.370 e. The van der Waals surface area contributed by atoms with Crippen LogP contribution in [-0.4, -0.2) is 12.0 Å². The molecule has 0 aromatic heterocycles. The normalized spacial score (nSPS) is 14.6. The summed E-state index contributed by atoms with van der Waals surface area (Å²) in [5, 5.41) is 11.8. The second-order valence-electron chi connectivity index (χ2n) is 3.93. The van der Waals surface area contributed by atoms with E-state index in [1.807, 2.05) is 12.1 Å². The molecular weight excluding hydrogens is 327 g/mol. The molecule has 0 radical (unpaired) electrons. The van der Waals surface area contributed by atoms with Crippen LogP contribution < -0.4 is 11.1 Å². The molecule has 0 saturated heterocycles. The molecule has 4 nitrogen and oxygen atoms in total. The maximum Gasteiger partial charge on any atom is 0.189 e. The number of aliphatic imine (C=N–C) groups is 1. The molecule has 1 aliphatic carbocycles. The molecule has 0 heterocycles. The first kappa shape index (κ1) is 13.8. The Bertz CT molecular complexity index is 429. The molecular formula is C12H15IN4. The van der Waals surface area contributed by atoms with Gasteiger partial charge in [-0.05, 0) is 30.5 Å². The van der Waals surface area contributed by atoms with Crippen LogP contribution in [0.25, 0.3) is 0 Å². The Kier molecular flexibility index (Phi) is 5.22. The summed E-state index contributed by atoms with van der Waals surface area (Å²) in [7, 11) is 0. The van der Waals surface area contributed by atoms with Crippen LogP contribution in [0.2, 0.25) is 0 Å².